The Hall–Kier alpha value is -2.75. The minimum atomic E-state index is -0.107. The maximum atomic E-state index is 12.9. The van der Waals surface area contributed by atoms with Crippen molar-refractivity contribution in [2.75, 3.05) is 14.2 Å². The summed E-state index contributed by atoms with van der Waals surface area (Å²) in [4.78, 5) is 12.9. The Labute approximate surface area is 148 Å². The van der Waals surface area contributed by atoms with Crippen molar-refractivity contribution in [1.82, 2.24) is 5.32 Å². The number of hydrogen-bond acceptors (Lipinski definition) is 4. The average molecular weight is 337 g/mol. The zero-order valence-electron chi connectivity index (χ0n) is 15.1. The molecule has 0 bridgehead atoms. The Morgan fingerprint density at radius 2 is 1.88 bits per heavy atom. The summed E-state index contributed by atoms with van der Waals surface area (Å²) in [6, 6.07) is 13.4. The lowest BCUT2D eigenvalue weighted by molar-refractivity contribution is 0.104. The molecule has 0 amide bonds. The van der Waals surface area contributed by atoms with Crippen molar-refractivity contribution in [3.05, 3.63) is 65.2 Å². The van der Waals surface area contributed by atoms with Gasteiger partial charge in [-0.25, -0.2) is 0 Å². The molecule has 25 heavy (non-hydrogen) atoms. The number of ether oxygens (including phenoxy) is 2. The molecular weight excluding hydrogens is 314 g/mol. The molecule has 0 aliphatic carbocycles. The Morgan fingerprint density at radius 3 is 2.60 bits per heavy atom. The van der Waals surface area contributed by atoms with E-state index in [0.29, 0.717) is 17.1 Å². The summed E-state index contributed by atoms with van der Waals surface area (Å²) in [6.07, 6.45) is 2.57. The SMILES string of the molecule is COc1ccc(C(=O)C=C2NC(C)(C)Cc3ccccc32)c(OC)c1. The first-order valence-electron chi connectivity index (χ1n) is 8.28. The topological polar surface area (TPSA) is 47.6 Å². The van der Waals surface area contributed by atoms with E-state index in [1.807, 2.05) is 18.2 Å². The zero-order valence-corrected chi connectivity index (χ0v) is 15.1. The van der Waals surface area contributed by atoms with Gasteiger partial charge in [-0.3, -0.25) is 4.79 Å². The molecule has 0 aromatic heterocycles. The van der Waals surface area contributed by atoms with Crippen molar-refractivity contribution < 1.29 is 14.3 Å². The molecule has 0 radical (unpaired) electrons. The molecule has 3 rings (SSSR count). The molecule has 1 N–H and O–H groups in total. The van der Waals surface area contributed by atoms with Gasteiger partial charge < -0.3 is 14.8 Å². The third-order valence-electron chi connectivity index (χ3n) is 4.36. The Balaban J connectivity index is 2.02. The van der Waals surface area contributed by atoms with Crippen molar-refractivity contribution >= 4 is 11.5 Å². The summed E-state index contributed by atoms with van der Waals surface area (Å²) in [6.45, 7) is 4.27. The molecule has 1 aliphatic rings. The lowest BCUT2D eigenvalue weighted by Crippen LogP contribution is -2.43. The van der Waals surface area contributed by atoms with Gasteiger partial charge in [-0.1, -0.05) is 24.3 Å². The predicted molar refractivity (Wildman–Crippen MR) is 99.2 cm³/mol. The van der Waals surface area contributed by atoms with Crippen molar-refractivity contribution in [2.24, 2.45) is 0 Å². The second-order valence-corrected chi connectivity index (χ2v) is 6.83. The smallest absolute Gasteiger partial charge is 0.191 e. The van der Waals surface area contributed by atoms with Gasteiger partial charge in [0.15, 0.2) is 5.78 Å². The van der Waals surface area contributed by atoms with Gasteiger partial charge in [0.1, 0.15) is 11.5 Å². The highest BCUT2D eigenvalue weighted by atomic mass is 16.5. The van der Waals surface area contributed by atoms with Crippen LogP contribution in [0.2, 0.25) is 0 Å². The molecule has 0 fully saturated rings. The average Bonchev–Trinajstić information content (AvgIpc) is 2.60. The van der Waals surface area contributed by atoms with Gasteiger partial charge in [0, 0.05) is 28.9 Å². The van der Waals surface area contributed by atoms with Gasteiger partial charge in [-0.15, -0.1) is 0 Å². The highest BCUT2D eigenvalue weighted by Crippen LogP contribution is 2.31. The third-order valence-corrected chi connectivity index (χ3v) is 4.36. The number of fused-ring (bicyclic) bond motifs is 1. The molecule has 0 saturated heterocycles. The van der Waals surface area contributed by atoms with Crippen LogP contribution in [-0.4, -0.2) is 25.5 Å². The molecule has 0 spiro atoms. The van der Waals surface area contributed by atoms with E-state index in [4.69, 9.17) is 9.47 Å². The van der Waals surface area contributed by atoms with Crippen molar-refractivity contribution in [1.29, 1.82) is 0 Å². The highest BCUT2D eigenvalue weighted by Gasteiger charge is 2.28. The molecule has 4 nitrogen and oxygen atoms in total. The second kappa shape index (κ2) is 6.63. The van der Waals surface area contributed by atoms with Crippen LogP contribution in [0.3, 0.4) is 0 Å². The van der Waals surface area contributed by atoms with Crippen LogP contribution in [0.15, 0.2) is 48.5 Å². The molecule has 2 aromatic carbocycles. The maximum absolute atomic E-state index is 12.9. The number of rotatable bonds is 4. The number of methoxy groups -OCH3 is 2. The molecular formula is C21H23NO3. The van der Waals surface area contributed by atoms with Crippen LogP contribution >= 0.6 is 0 Å². The van der Waals surface area contributed by atoms with Gasteiger partial charge >= 0.3 is 0 Å². The van der Waals surface area contributed by atoms with Crippen molar-refractivity contribution in [3.8, 4) is 11.5 Å². The van der Waals surface area contributed by atoms with Crippen LogP contribution in [0.4, 0.5) is 0 Å². The summed E-state index contributed by atoms with van der Waals surface area (Å²) in [5.74, 6) is 1.06. The largest absolute Gasteiger partial charge is 0.497 e. The standard InChI is InChI=1S/C21H23NO3/c1-21(2)13-14-7-5-6-8-16(14)18(22-21)12-19(23)17-10-9-15(24-3)11-20(17)25-4/h5-12,22H,13H2,1-4H3. The fourth-order valence-electron chi connectivity index (χ4n) is 3.21. The van der Waals surface area contributed by atoms with Gasteiger partial charge in [-0.05, 0) is 38.0 Å². The monoisotopic (exact) mass is 337 g/mol. The van der Waals surface area contributed by atoms with E-state index in [1.165, 1.54) is 5.56 Å². The molecule has 1 heterocycles. The summed E-state index contributed by atoms with van der Waals surface area (Å²) >= 11 is 0. The van der Waals surface area contributed by atoms with Crippen LogP contribution in [0.1, 0.15) is 35.3 Å². The first-order valence-corrected chi connectivity index (χ1v) is 8.28. The normalized spacial score (nSPS) is 16.7. The number of hydrogen-bond donors (Lipinski definition) is 1. The number of benzene rings is 2. The lowest BCUT2D eigenvalue weighted by Gasteiger charge is -2.35. The van der Waals surface area contributed by atoms with Crippen LogP contribution in [0.25, 0.3) is 5.70 Å². The number of ketones is 1. The van der Waals surface area contributed by atoms with Crippen LogP contribution in [0.5, 0.6) is 11.5 Å². The van der Waals surface area contributed by atoms with Gasteiger partial charge in [-0.2, -0.15) is 0 Å². The van der Waals surface area contributed by atoms with Gasteiger partial charge in [0.2, 0.25) is 0 Å². The Bertz CT molecular complexity index is 837. The first-order chi connectivity index (χ1) is 11.9. The van der Waals surface area contributed by atoms with Crippen molar-refractivity contribution in [3.63, 3.8) is 0 Å². The second-order valence-electron chi connectivity index (χ2n) is 6.83. The minimum Gasteiger partial charge on any atom is -0.497 e. The summed E-state index contributed by atoms with van der Waals surface area (Å²) in [5, 5.41) is 3.48. The molecule has 2 aromatic rings. The predicted octanol–water partition coefficient (Wildman–Crippen LogP) is 3.85. The van der Waals surface area contributed by atoms with E-state index in [0.717, 1.165) is 17.7 Å². The quantitative estimate of drug-likeness (QED) is 0.680. The summed E-state index contributed by atoms with van der Waals surface area (Å²) < 4.78 is 10.6. The van der Waals surface area contributed by atoms with E-state index in [-0.39, 0.29) is 11.3 Å². The fraction of sp³-hybridized carbons (Fsp3) is 0.286. The van der Waals surface area contributed by atoms with E-state index in [2.05, 4.69) is 25.2 Å². The van der Waals surface area contributed by atoms with Gasteiger partial charge in [0.25, 0.3) is 0 Å². The van der Waals surface area contributed by atoms with Gasteiger partial charge in [0.05, 0.1) is 19.8 Å². The Kier molecular flexibility index (Phi) is 4.53. The summed E-state index contributed by atoms with van der Waals surface area (Å²) in [7, 11) is 3.14. The van der Waals surface area contributed by atoms with Crippen LogP contribution < -0.4 is 14.8 Å². The zero-order chi connectivity index (χ0) is 18.0. The van der Waals surface area contributed by atoms with E-state index in [1.54, 1.807) is 38.5 Å². The lowest BCUT2D eigenvalue weighted by atomic mass is 9.85. The molecule has 0 unspecified atom stereocenters. The summed E-state index contributed by atoms with van der Waals surface area (Å²) in [5.41, 5.74) is 3.56. The molecule has 130 valence electrons. The number of allylic oxidation sites excluding steroid dienone is 1. The maximum Gasteiger partial charge on any atom is 0.191 e. The molecule has 0 saturated carbocycles. The number of nitrogens with one attached hydrogen (secondary N) is 1. The first kappa shape index (κ1) is 17.1. The molecule has 0 atom stereocenters. The Morgan fingerprint density at radius 1 is 1.12 bits per heavy atom. The molecule has 1 aliphatic heterocycles. The minimum absolute atomic E-state index is 0.102. The number of carbonyl (C=O) groups is 1. The van der Waals surface area contributed by atoms with E-state index < -0.39 is 0 Å². The van der Waals surface area contributed by atoms with E-state index >= 15 is 0 Å². The third kappa shape index (κ3) is 3.53. The van der Waals surface area contributed by atoms with Crippen molar-refractivity contribution in [2.45, 2.75) is 25.8 Å². The molecule has 4 heteroatoms. The highest BCUT2D eigenvalue weighted by molar-refractivity contribution is 6.10. The van der Waals surface area contributed by atoms with E-state index in [9.17, 15) is 4.79 Å². The fourth-order valence-corrected chi connectivity index (χ4v) is 3.21. The van der Waals surface area contributed by atoms with Crippen LogP contribution in [0, 0.1) is 0 Å². The van der Waals surface area contributed by atoms with Crippen LogP contribution in [-0.2, 0) is 6.42 Å². The number of carbonyl (C=O) groups excluding carboxylic acids is 1.